The molecule has 0 saturated carbocycles. The van der Waals surface area contributed by atoms with Crippen molar-refractivity contribution >= 4 is 28.5 Å². The molecule has 3 aromatic heterocycles. The molecule has 0 aliphatic carbocycles. The predicted octanol–water partition coefficient (Wildman–Crippen LogP) is 3.90. The van der Waals surface area contributed by atoms with Crippen LogP contribution in [0.5, 0.6) is 0 Å². The number of aliphatic hydroxyl groups is 1. The summed E-state index contributed by atoms with van der Waals surface area (Å²) in [5.74, 6) is 1.48. The van der Waals surface area contributed by atoms with Crippen molar-refractivity contribution in [3.8, 4) is 5.82 Å². The van der Waals surface area contributed by atoms with Gasteiger partial charge in [0, 0.05) is 23.7 Å². The lowest BCUT2D eigenvalue weighted by atomic mass is 9.76. The number of hydrogen-bond donors (Lipinski definition) is 2. The van der Waals surface area contributed by atoms with Crippen LogP contribution in [0.3, 0.4) is 0 Å². The Morgan fingerprint density at radius 3 is 2.51 bits per heavy atom. The van der Waals surface area contributed by atoms with Crippen molar-refractivity contribution in [2.75, 3.05) is 18.4 Å². The zero-order valence-electron chi connectivity index (χ0n) is 23.6. The lowest BCUT2D eigenvalue weighted by Gasteiger charge is -2.46. The number of allylic oxidation sites excluding steroid dienone is 1. The van der Waals surface area contributed by atoms with Crippen molar-refractivity contribution < 1.29 is 9.90 Å². The molecule has 2 bridgehead atoms. The van der Waals surface area contributed by atoms with Crippen molar-refractivity contribution in [3.63, 3.8) is 0 Å². The van der Waals surface area contributed by atoms with Gasteiger partial charge in [-0.2, -0.15) is 4.98 Å². The maximum Gasteiger partial charge on any atom is 0.278 e. The smallest absolute Gasteiger partial charge is 0.278 e. The van der Waals surface area contributed by atoms with Crippen LogP contribution in [0.25, 0.3) is 16.9 Å². The maximum atomic E-state index is 13.3. The van der Waals surface area contributed by atoms with Gasteiger partial charge in [0.2, 0.25) is 5.95 Å². The van der Waals surface area contributed by atoms with Gasteiger partial charge in [0.05, 0.1) is 18.3 Å². The first-order valence-corrected chi connectivity index (χ1v) is 14.1. The van der Waals surface area contributed by atoms with Crippen molar-refractivity contribution in [1.29, 1.82) is 0 Å². The molecule has 10 nitrogen and oxygen atoms in total. The Morgan fingerprint density at radius 1 is 1.12 bits per heavy atom. The number of anilines is 2. The minimum atomic E-state index is -1.16. The number of fused-ring (bicyclic) bond motifs is 4. The second-order valence-electron chi connectivity index (χ2n) is 11.6. The Kier molecular flexibility index (Phi) is 6.83. The molecule has 1 aromatic carbocycles. The number of Topliss-reactive ketones (excluding diaryl/α,β-unsaturated/α-hetero) is 1. The molecule has 41 heavy (non-hydrogen) atoms. The van der Waals surface area contributed by atoms with E-state index in [-0.39, 0.29) is 30.0 Å². The highest BCUT2D eigenvalue weighted by Gasteiger charge is 2.43. The molecule has 3 aliphatic heterocycles. The van der Waals surface area contributed by atoms with Crippen LogP contribution < -0.4 is 10.9 Å². The Labute approximate surface area is 238 Å². The summed E-state index contributed by atoms with van der Waals surface area (Å²) in [5.41, 5.74) is 1.34. The zero-order valence-corrected chi connectivity index (χ0v) is 23.6. The molecule has 10 heteroatoms. The van der Waals surface area contributed by atoms with Crippen molar-refractivity contribution in [3.05, 3.63) is 82.9 Å². The third-order valence-electron chi connectivity index (χ3n) is 8.34. The predicted molar refractivity (Wildman–Crippen MR) is 158 cm³/mol. The molecular weight excluding hydrogens is 518 g/mol. The lowest BCUT2D eigenvalue weighted by molar-refractivity contribution is -0.137. The molecule has 2 unspecified atom stereocenters. The molecule has 3 fully saturated rings. The second kappa shape index (κ2) is 10.4. The van der Waals surface area contributed by atoms with Crippen LogP contribution in [0, 0.1) is 5.92 Å². The van der Waals surface area contributed by atoms with Gasteiger partial charge in [0.25, 0.3) is 5.56 Å². The highest BCUT2D eigenvalue weighted by molar-refractivity contribution is 5.89. The Hall–Kier alpha value is -4.15. The SMILES string of the molecule is C=CCn1c(=O)c2cnc(Nc3ccc(C(C)C4C(=O)C5CCN4CC5)cc3)nc2n1-c1cccc(C(C)(C)O)n1. The number of ketones is 1. The Bertz CT molecular complexity index is 1670. The third kappa shape index (κ3) is 4.87. The van der Waals surface area contributed by atoms with Gasteiger partial charge in [-0.15, -0.1) is 6.58 Å². The highest BCUT2D eigenvalue weighted by Crippen LogP contribution is 2.36. The summed E-state index contributed by atoms with van der Waals surface area (Å²) in [7, 11) is 0. The topological polar surface area (TPSA) is 118 Å². The zero-order chi connectivity index (χ0) is 28.9. The van der Waals surface area contributed by atoms with Crippen LogP contribution in [-0.4, -0.2) is 59.2 Å². The van der Waals surface area contributed by atoms with Crippen LogP contribution >= 0.6 is 0 Å². The summed E-state index contributed by atoms with van der Waals surface area (Å²) in [5, 5.41) is 14.1. The Morgan fingerprint density at radius 2 is 1.85 bits per heavy atom. The number of benzene rings is 1. The third-order valence-corrected chi connectivity index (χ3v) is 8.34. The number of piperidine rings is 3. The number of nitrogens with zero attached hydrogens (tertiary/aromatic N) is 6. The molecule has 2 atom stereocenters. The summed E-state index contributed by atoms with van der Waals surface area (Å²) in [6.07, 6.45) is 5.12. The van der Waals surface area contributed by atoms with Crippen LogP contribution in [0.1, 0.15) is 50.8 Å². The number of carbonyl (C=O) groups excluding carboxylic acids is 1. The minimum absolute atomic E-state index is 0.0492. The van der Waals surface area contributed by atoms with E-state index in [1.807, 2.05) is 24.3 Å². The molecule has 4 aromatic rings. The average Bonchev–Trinajstić information content (AvgIpc) is 3.24. The van der Waals surface area contributed by atoms with Crippen LogP contribution in [0.4, 0.5) is 11.6 Å². The number of aromatic nitrogens is 5. The van der Waals surface area contributed by atoms with E-state index in [4.69, 9.17) is 4.98 Å². The largest absolute Gasteiger partial charge is 0.384 e. The first kappa shape index (κ1) is 27.0. The van der Waals surface area contributed by atoms with Crippen LogP contribution in [0.2, 0.25) is 0 Å². The van der Waals surface area contributed by atoms with E-state index >= 15 is 0 Å². The molecule has 3 saturated heterocycles. The number of hydrogen-bond acceptors (Lipinski definition) is 8. The van der Waals surface area contributed by atoms with Gasteiger partial charge in [-0.05, 0) is 69.6 Å². The van der Waals surface area contributed by atoms with Gasteiger partial charge in [-0.3, -0.25) is 14.5 Å². The van der Waals surface area contributed by atoms with Crippen molar-refractivity contribution in [2.45, 2.75) is 57.7 Å². The van der Waals surface area contributed by atoms with E-state index in [0.29, 0.717) is 34.3 Å². The first-order valence-electron chi connectivity index (χ1n) is 14.1. The fourth-order valence-corrected chi connectivity index (χ4v) is 6.12. The van der Waals surface area contributed by atoms with Crippen molar-refractivity contribution in [2.24, 2.45) is 5.92 Å². The highest BCUT2D eigenvalue weighted by atomic mass is 16.3. The van der Waals surface area contributed by atoms with E-state index < -0.39 is 5.60 Å². The van der Waals surface area contributed by atoms with Gasteiger partial charge in [0.15, 0.2) is 17.2 Å². The van der Waals surface area contributed by atoms with Gasteiger partial charge >= 0.3 is 0 Å². The van der Waals surface area contributed by atoms with Gasteiger partial charge in [0.1, 0.15) is 11.0 Å². The van der Waals surface area contributed by atoms with E-state index in [0.717, 1.165) is 37.2 Å². The van der Waals surface area contributed by atoms with Gasteiger partial charge < -0.3 is 10.4 Å². The normalized spacial score (nSPS) is 21.3. The molecule has 0 radical (unpaired) electrons. The molecule has 2 N–H and O–H groups in total. The molecule has 7 rings (SSSR count). The lowest BCUT2D eigenvalue weighted by Crippen LogP contribution is -2.57. The van der Waals surface area contributed by atoms with Gasteiger partial charge in [-0.1, -0.05) is 31.2 Å². The van der Waals surface area contributed by atoms with Crippen LogP contribution in [0.15, 0.2) is 66.1 Å². The second-order valence-corrected chi connectivity index (χ2v) is 11.6. The summed E-state index contributed by atoms with van der Waals surface area (Å²) in [6.45, 7) is 11.5. The Balaban J connectivity index is 1.31. The average molecular weight is 554 g/mol. The number of carbonyl (C=O) groups is 1. The van der Waals surface area contributed by atoms with E-state index in [1.165, 1.54) is 10.9 Å². The molecule has 0 amide bonds. The number of rotatable bonds is 8. The molecular formula is C31H35N7O3. The van der Waals surface area contributed by atoms with Crippen molar-refractivity contribution in [1.82, 2.24) is 29.2 Å². The van der Waals surface area contributed by atoms with E-state index in [1.54, 1.807) is 42.8 Å². The monoisotopic (exact) mass is 553 g/mol. The summed E-state index contributed by atoms with van der Waals surface area (Å²) >= 11 is 0. The number of pyridine rings is 1. The van der Waals surface area contributed by atoms with E-state index in [9.17, 15) is 14.7 Å². The maximum absolute atomic E-state index is 13.3. The summed E-state index contributed by atoms with van der Waals surface area (Å²) in [4.78, 5) is 42.3. The first-order chi connectivity index (χ1) is 19.7. The fourth-order valence-electron chi connectivity index (χ4n) is 6.12. The van der Waals surface area contributed by atoms with Crippen LogP contribution in [-0.2, 0) is 16.9 Å². The fraction of sp³-hybridized carbons (Fsp3) is 0.387. The number of nitrogens with one attached hydrogen (secondary N) is 1. The standard InChI is InChI=1S/C31H35N7O3/c1-5-15-37-29(40)23-18-32-30(35-28(23)38(37)25-8-6-7-24(34-25)31(3,4)41)33-22-11-9-20(10-12-22)19(2)26-27(39)21-13-16-36(26)17-14-21/h5-12,18-19,21,26,41H,1,13-17H2,2-4H3,(H,32,33,35). The quantitative estimate of drug-likeness (QED) is 0.316. The molecule has 0 spiro atoms. The van der Waals surface area contributed by atoms with E-state index in [2.05, 4.69) is 33.7 Å². The molecule has 212 valence electrons. The minimum Gasteiger partial charge on any atom is -0.384 e. The molecule has 3 aliphatic rings. The van der Waals surface area contributed by atoms with Gasteiger partial charge in [-0.25, -0.2) is 19.3 Å². The molecule has 6 heterocycles. The summed E-state index contributed by atoms with van der Waals surface area (Å²) in [6, 6.07) is 13.3. The summed E-state index contributed by atoms with van der Waals surface area (Å²) < 4.78 is 3.13.